The fourth-order valence-electron chi connectivity index (χ4n) is 4.15. The van der Waals surface area contributed by atoms with E-state index in [0.717, 1.165) is 0 Å². The first kappa shape index (κ1) is 23.6. The Morgan fingerprint density at radius 3 is 2.44 bits per heavy atom. The summed E-state index contributed by atoms with van der Waals surface area (Å²) in [5, 5.41) is 6.24. The van der Waals surface area contributed by atoms with Gasteiger partial charge in [-0.2, -0.15) is 0 Å². The number of likely N-dealkylation sites (tertiary alicyclic amines) is 1. The van der Waals surface area contributed by atoms with Gasteiger partial charge in [0.15, 0.2) is 11.5 Å². The van der Waals surface area contributed by atoms with Gasteiger partial charge in [0.1, 0.15) is 6.04 Å². The summed E-state index contributed by atoms with van der Waals surface area (Å²) in [5.74, 6) is 0.210. The van der Waals surface area contributed by atoms with Crippen molar-refractivity contribution < 1.29 is 23.9 Å². The molecule has 1 saturated heterocycles. The monoisotopic (exact) mass is 483 g/mol. The van der Waals surface area contributed by atoms with Gasteiger partial charge in [-0.1, -0.05) is 17.7 Å². The Hall–Kier alpha value is -3.52. The SMILES string of the molecule is C=CCNC(=O)[C@H](NC(=O)c1ccc2c(c1)OCO2)C1CCN(C(=O)c2ccc(Cl)cc2)CC1. The number of amides is 3. The number of hydrogen-bond donors (Lipinski definition) is 2. The Kier molecular flexibility index (Phi) is 7.37. The molecule has 178 valence electrons. The van der Waals surface area contributed by atoms with E-state index in [9.17, 15) is 14.4 Å². The van der Waals surface area contributed by atoms with Gasteiger partial charge in [-0.3, -0.25) is 14.4 Å². The predicted octanol–water partition coefficient (Wildman–Crippen LogP) is 3.02. The van der Waals surface area contributed by atoms with E-state index in [2.05, 4.69) is 17.2 Å². The number of hydrogen-bond acceptors (Lipinski definition) is 5. The van der Waals surface area contributed by atoms with Crippen LogP contribution in [0.4, 0.5) is 0 Å². The third kappa shape index (κ3) is 5.34. The molecular formula is C25H26ClN3O5. The molecule has 2 heterocycles. The molecule has 3 amide bonds. The Bertz CT molecular complexity index is 1080. The number of rotatable bonds is 7. The van der Waals surface area contributed by atoms with Crippen molar-refractivity contribution >= 4 is 29.3 Å². The van der Waals surface area contributed by atoms with E-state index in [1.165, 1.54) is 0 Å². The third-order valence-electron chi connectivity index (χ3n) is 6.01. The van der Waals surface area contributed by atoms with Crippen molar-refractivity contribution in [1.29, 1.82) is 0 Å². The van der Waals surface area contributed by atoms with E-state index in [0.29, 0.717) is 60.1 Å². The molecular weight excluding hydrogens is 458 g/mol. The summed E-state index contributed by atoms with van der Waals surface area (Å²) >= 11 is 5.92. The van der Waals surface area contributed by atoms with Gasteiger partial charge in [-0.05, 0) is 61.2 Å². The van der Waals surface area contributed by atoms with Crippen molar-refractivity contribution in [3.8, 4) is 11.5 Å². The Balaban J connectivity index is 1.43. The molecule has 1 atom stereocenters. The van der Waals surface area contributed by atoms with Gasteiger partial charge < -0.3 is 25.0 Å². The number of halogens is 1. The van der Waals surface area contributed by atoms with Crippen LogP contribution in [-0.4, -0.2) is 55.1 Å². The summed E-state index contributed by atoms with van der Waals surface area (Å²) in [6, 6.07) is 10.9. The molecule has 9 heteroatoms. The van der Waals surface area contributed by atoms with E-state index in [1.807, 2.05) is 0 Å². The Morgan fingerprint density at radius 1 is 1.06 bits per heavy atom. The van der Waals surface area contributed by atoms with Crippen molar-refractivity contribution in [2.24, 2.45) is 5.92 Å². The zero-order chi connectivity index (χ0) is 24.1. The number of nitrogens with one attached hydrogen (secondary N) is 2. The average molecular weight is 484 g/mol. The first-order valence-electron chi connectivity index (χ1n) is 11.1. The molecule has 0 aromatic heterocycles. The molecule has 0 bridgehead atoms. The first-order chi connectivity index (χ1) is 16.5. The summed E-state index contributed by atoms with van der Waals surface area (Å²) < 4.78 is 10.6. The molecule has 4 rings (SSSR count). The average Bonchev–Trinajstić information content (AvgIpc) is 3.34. The maximum atomic E-state index is 13.0. The van der Waals surface area contributed by atoms with Crippen LogP contribution in [0.25, 0.3) is 0 Å². The van der Waals surface area contributed by atoms with Crippen LogP contribution in [0.2, 0.25) is 5.02 Å². The van der Waals surface area contributed by atoms with E-state index < -0.39 is 6.04 Å². The highest BCUT2D eigenvalue weighted by atomic mass is 35.5. The van der Waals surface area contributed by atoms with E-state index in [1.54, 1.807) is 53.4 Å². The van der Waals surface area contributed by atoms with E-state index in [4.69, 9.17) is 21.1 Å². The molecule has 2 aliphatic rings. The summed E-state index contributed by atoms with van der Waals surface area (Å²) in [4.78, 5) is 40.5. The lowest BCUT2D eigenvalue weighted by molar-refractivity contribution is -0.124. The zero-order valence-corrected chi connectivity index (χ0v) is 19.3. The molecule has 34 heavy (non-hydrogen) atoms. The molecule has 2 N–H and O–H groups in total. The van der Waals surface area contributed by atoms with Crippen molar-refractivity contribution in [1.82, 2.24) is 15.5 Å². The number of piperidine rings is 1. The number of fused-ring (bicyclic) bond motifs is 1. The molecule has 2 aliphatic heterocycles. The van der Waals surface area contributed by atoms with Crippen LogP contribution in [0.1, 0.15) is 33.6 Å². The second kappa shape index (κ2) is 10.6. The molecule has 0 saturated carbocycles. The molecule has 8 nitrogen and oxygen atoms in total. The van der Waals surface area contributed by atoms with Crippen molar-refractivity contribution in [3.63, 3.8) is 0 Å². The van der Waals surface area contributed by atoms with Gasteiger partial charge in [-0.25, -0.2) is 0 Å². The number of carbonyl (C=O) groups is 3. The predicted molar refractivity (Wildman–Crippen MR) is 127 cm³/mol. The maximum absolute atomic E-state index is 13.0. The van der Waals surface area contributed by atoms with Crippen LogP contribution in [0.5, 0.6) is 11.5 Å². The van der Waals surface area contributed by atoms with Gasteiger partial charge in [0, 0.05) is 35.8 Å². The minimum absolute atomic E-state index is 0.0767. The number of carbonyl (C=O) groups excluding carboxylic acids is 3. The fraction of sp³-hybridized carbons (Fsp3) is 0.320. The molecule has 0 radical (unpaired) electrons. The molecule has 0 spiro atoms. The van der Waals surface area contributed by atoms with Crippen LogP contribution < -0.4 is 20.1 Å². The summed E-state index contributed by atoms with van der Waals surface area (Å²) in [6.45, 7) is 5.00. The lowest BCUT2D eigenvalue weighted by Gasteiger charge is -2.35. The minimum atomic E-state index is -0.745. The van der Waals surface area contributed by atoms with Crippen LogP contribution >= 0.6 is 11.6 Å². The fourth-order valence-corrected chi connectivity index (χ4v) is 4.28. The summed E-state index contributed by atoms with van der Waals surface area (Å²) in [6.07, 6.45) is 2.74. The van der Waals surface area contributed by atoms with Crippen molar-refractivity contribution in [2.75, 3.05) is 26.4 Å². The van der Waals surface area contributed by atoms with E-state index >= 15 is 0 Å². The summed E-state index contributed by atoms with van der Waals surface area (Å²) in [5.41, 5.74) is 0.945. The van der Waals surface area contributed by atoms with Crippen molar-refractivity contribution in [2.45, 2.75) is 18.9 Å². The van der Waals surface area contributed by atoms with Gasteiger partial charge >= 0.3 is 0 Å². The number of ether oxygens (including phenoxy) is 2. The van der Waals surface area contributed by atoms with Gasteiger partial charge in [0.2, 0.25) is 12.7 Å². The highest BCUT2D eigenvalue weighted by Crippen LogP contribution is 2.32. The molecule has 0 aliphatic carbocycles. The second-order valence-corrected chi connectivity index (χ2v) is 8.63. The zero-order valence-electron chi connectivity index (χ0n) is 18.6. The normalized spacial score (nSPS) is 16.0. The standard InChI is InChI=1S/C25H26ClN3O5/c1-2-11-27-24(31)22(28-23(30)18-5-8-20-21(14-18)34-15-33-20)16-9-12-29(13-10-16)25(32)17-3-6-19(26)7-4-17/h2-8,14,16,22H,1,9-13,15H2,(H,27,31)(H,28,30)/t22-/m1/s1. The van der Waals surface area contributed by atoms with E-state index in [-0.39, 0.29) is 30.4 Å². The number of benzene rings is 2. The molecule has 2 aromatic carbocycles. The topological polar surface area (TPSA) is 97.0 Å². The number of nitrogens with zero attached hydrogens (tertiary/aromatic N) is 1. The van der Waals surface area contributed by atoms with Crippen LogP contribution in [0.3, 0.4) is 0 Å². The van der Waals surface area contributed by atoms with Crippen LogP contribution in [0.15, 0.2) is 55.1 Å². The Labute approximate surface area is 202 Å². The van der Waals surface area contributed by atoms with Gasteiger partial charge in [-0.15, -0.1) is 6.58 Å². The highest BCUT2D eigenvalue weighted by Gasteiger charge is 2.34. The summed E-state index contributed by atoms with van der Waals surface area (Å²) in [7, 11) is 0. The lowest BCUT2D eigenvalue weighted by atomic mass is 9.88. The largest absolute Gasteiger partial charge is 0.454 e. The lowest BCUT2D eigenvalue weighted by Crippen LogP contribution is -2.53. The molecule has 0 unspecified atom stereocenters. The van der Waals surface area contributed by atoms with Gasteiger partial charge in [0.25, 0.3) is 11.8 Å². The quantitative estimate of drug-likeness (QED) is 0.590. The smallest absolute Gasteiger partial charge is 0.253 e. The minimum Gasteiger partial charge on any atom is -0.454 e. The molecule has 2 aromatic rings. The van der Waals surface area contributed by atoms with Crippen LogP contribution in [-0.2, 0) is 4.79 Å². The molecule has 1 fully saturated rings. The second-order valence-electron chi connectivity index (χ2n) is 8.19. The first-order valence-corrected chi connectivity index (χ1v) is 11.5. The van der Waals surface area contributed by atoms with Crippen molar-refractivity contribution in [3.05, 3.63) is 71.3 Å². The Morgan fingerprint density at radius 2 is 1.74 bits per heavy atom. The third-order valence-corrected chi connectivity index (χ3v) is 6.27. The highest BCUT2D eigenvalue weighted by molar-refractivity contribution is 6.30. The van der Waals surface area contributed by atoms with Gasteiger partial charge in [0.05, 0.1) is 0 Å². The van der Waals surface area contributed by atoms with Crippen LogP contribution in [0, 0.1) is 5.92 Å². The maximum Gasteiger partial charge on any atom is 0.253 e.